The number of carbonyl (C=O) groups excluding carboxylic acids is 2. The van der Waals surface area contributed by atoms with Gasteiger partial charge in [-0.05, 0) is 39.2 Å². The number of aromatic nitrogens is 1. The van der Waals surface area contributed by atoms with E-state index in [4.69, 9.17) is 0 Å². The number of fused-ring (bicyclic) bond motifs is 1. The highest BCUT2D eigenvalue weighted by Gasteiger charge is 2.28. The van der Waals surface area contributed by atoms with Gasteiger partial charge < -0.3 is 14.4 Å². The molecule has 0 aliphatic carbocycles. The second-order valence-corrected chi connectivity index (χ2v) is 9.36. The van der Waals surface area contributed by atoms with Gasteiger partial charge in [0.25, 0.3) is 0 Å². The molecule has 0 N–H and O–H groups in total. The molecule has 2 aromatic rings. The van der Waals surface area contributed by atoms with E-state index in [0.29, 0.717) is 37.1 Å². The highest BCUT2D eigenvalue weighted by atomic mass is 32.2. The SMILES string of the molecule is CCN(CC)C(=O)Cn1cc(S(=O)(=O)CC(=O)N2CCCCC2)c2ccccc21. The van der Waals surface area contributed by atoms with Gasteiger partial charge in [0, 0.05) is 43.3 Å². The molecule has 0 spiro atoms. The van der Waals surface area contributed by atoms with E-state index >= 15 is 0 Å². The molecule has 0 unspecified atom stereocenters. The molecule has 0 atom stereocenters. The van der Waals surface area contributed by atoms with E-state index in [1.54, 1.807) is 32.6 Å². The average molecular weight is 420 g/mol. The zero-order valence-electron chi connectivity index (χ0n) is 17.1. The smallest absolute Gasteiger partial charge is 0.242 e. The van der Waals surface area contributed by atoms with Crippen LogP contribution in [-0.4, -0.2) is 66.5 Å². The number of hydrogen-bond acceptors (Lipinski definition) is 4. The molecule has 7 nitrogen and oxygen atoms in total. The maximum atomic E-state index is 13.1. The highest BCUT2D eigenvalue weighted by Crippen LogP contribution is 2.27. The van der Waals surface area contributed by atoms with Crippen LogP contribution in [0.3, 0.4) is 0 Å². The van der Waals surface area contributed by atoms with E-state index in [9.17, 15) is 18.0 Å². The first-order valence-electron chi connectivity index (χ1n) is 10.2. The monoisotopic (exact) mass is 419 g/mol. The summed E-state index contributed by atoms with van der Waals surface area (Å²) in [6, 6.07) is 7.11. The number of rotatable bonds is 7. The van der Waals surface area contributed by atoms with Crippen molar-refractivity contribution in [3.63, 3.8) is 0 Å². The number of hydrogen-bond donors (Lipinski definition) is 0. The zero-order chi connectivity index (χ0) is 21.0. The quantitative estimate of drug-likeness (QED) is 0.690. The maximum Gasteiger partial charge on any atom is 0.242 e. The van der Waals surface area contributed by atoms with E-state index in [-0.39, 0.29) is 23.3 Å². The summed E-state index contributed by atoms with van der Waals surface area (Å²) >= 11 is 0. The van der Waals surface area contributed by atoms with E-state index in [2.05, 4.69) is 0 Å². The summed E-state index contributed by atoms with van der Waals surface area (Å²) in [6.45, 7) is 6.34. The van der Waals surface area contributed by atoms with Gasteiger partial charge in [-0.15, -0.1) is 0 Å². The van der Waals surface area contributed by atoms with E-state index < -0.39 is 15.6 Å². The third kappa shape index (κ3) is 4.63. The number of piperidine rings is 1. The van der Waals surface area contributed by atoms with Crippen molar-refractivity contribution in [3.05, 3.63) is 30.5 Å². The molecule has 0 radical (unpaired) electrons. The molecule has 0 saturated carbocycles. The Kier molecular flexibility index (Phi) is 6.62. The summed E-state index contributed by atoms with van der Waals surface area (Å²) in [7, 11) is -3.82. The third-order valence-electron chi connectivity index (χ3n) is 5.53. The van der Waals surface area contributed by atoms with Crippen molar-refractivity contribution in [3.8, 4) is 0 Å². The van der Waals surface area contributed by atoms with Crippen molar-refractivity contribution in [1.29, 1.82) is 0 Å². The van der Waals surface area contributed by atoms with Gasteiger partial charge in [-0.2, -0.15) is 0 Å². The number of sulfone groups is 1. The number of carbonyl (C=O) groups is 2. The Labute approximate surface area is 172 Å². The number of benzene rings is 1. The lowest BCUT2D eigenvalue weighted by atomic mass is 10.1. The molecule has 1 aliphatic heterocycles. The lowest BCUT2D eigenvalue weighted by Crippen LogP contribution is -2.39. The van der Waals surface area contributed by atoms with Gasteiger partial charge in [0.15, 0.2) is 9.84 Å². The number of para-hydroxylation sites is 1. The highest BCUT2D eigenvalue weighted by molar-refractivity contribution is 7.92. The van der Waals surface area contributed by atoms with Crippen LogP contribution in [0.4, 0.5) is 0 Å². The molecule has 1 aliphatic rings. The van der Waals surface area contributed by atoms with E-state index in [1.807, 2.05) is 19.9 Å². The number of amides is 2. The maximum absolute atomic E-state index is 13.1. The van der Waals surface area contributed by atoms with Gasteiger partial charge >= 0.3 is 0 Å². The number of nitrogens with zero attached hydrogens (tertiary/aromatic N) is 3. The summed E-state index contributed by atoms with van der Waals surface area (Å²) in [5.74, 6) is -0.949. The minimum Gasteiger partial charge on any atom is -0.342 e. The van der Waals surface area contributed by atoms with Crippen LogP contribution < -0.4 is 0 Å². The minimum absolute atomic E-state index is 0.0657. The number of likely N-dealkylation sites (N-methyl/N-ethyl adjacent to an activating group) is 1. The van der Waals surface area contributed by atoms with Crippen LogP contribution >= 0.6 is 0 Å². The predicted octanol–water partition coefficient (Wildman–Crippen LogP) is 2.30. The van der Waals surface area contributed by atoms with Gasteiger partial charge in [-0.25, -0.2) is 8.42 Å². The van der Waals surface area contributed by atoms with Crippen molar-refractivity contribution in [2.24, 2.45) is 0 Å². The largest absolute Gasteiger partial charge is 0.342 e. The van der Waals surface area contributed by atoms with Crippen LogP contribution in [0.15, 0.2) is 35.4 Å². The Morgan fingerprint density at radius 2 is 1.69 bits per heavy atom. The lowest BCUT2D eigenvalue weighted by molar-refractivity contribution is -0.131. The van der Waals surface area contributed by atoms with Crippen LogP contribution in [0.25, 0.3) is 10.9 Å². The van der Waals surface area contributed by atoms with Crippen LogP contribution in [0.1, 0.15) is 33.1 Å². The average Bonchev–Trinajstić information content (AvgIpc) is 3.09. The fraction of sp³-hybridized carbons (Fsp3) is 0.524. The Balaban J connectivity index is 1.90. The molecule has 2 heterocycles. The van der Waals surface area contributed by atoms with Crippen LogP contribution in [0.2, 0.25) is 0 Å². The van der Waals surface area contributed by atoms with Crippen LogP contribution in [0, 0.1) is 0 Å². The molecular weight excluding hydrogens is 390 g/mol. The Morgan fingerprint density at radius 1 is 1.03 bits per heavy atom. The van der Waals surface area contributed by atoms with Crippen LogP contribution in [-0.2, 0) is 26.0 Å². The van der Waals surface area contributed by atoms with Gasteiger partial charge in [0.2, 0.25) is 11.8 Å². The zero-order valence-corrected chi connectivity index (χ0v) is 18.0. The summed E-state index contributed by atoms with van der Waals surface area (Å²) in [4.78, 5) is 28.6. The van der Waals surface area contributed by atoms with Crippen LogP contribution in [0.5, 0.6) is 0 Å². The van der Waals surface area contributed by atoms with Crippen molar-refractivity contribution < 1.29 is 18.0 Å². The first-order chi connectivity index (χ1) is 13.9. The lowest BCUT2D eigenvalue weighted by Gasteiger charge is -2.26. The normalized spacial score (nSPS) is 14.9. The topological polar surface area (TPSA) is 79.7 Å². The standard InChI is InChI=1S/C21H29N3O4S/c1-3-22(4-2)20(25)15-24-14-19(17-10-6-7-11-18(17)24)29(27,28)16-21(26)23-12-8-5-9-13-23/h6-7,10-11,14H,3-5,8-9,12-13,15-16H2,1-2H3. The summed E-state index contributed by atoms with van der Waals surface area (Å²) < 4.78 is 27.9. The Hall–Kier alpha value is -2.35. The molecule has 1 saturated heterocycles. The summed E-state index contributed by atoms with van der Waals surface area (Å²) in [5, 5.41) is 0.547. The Morgan fingerprint density at radius 3 is 2.34 bits per heavy atom. The van der Waals surface area contributed by atoms with Crippen molar-refractivity contribution in [2.45, 2.75) is 44.6 Å². The number of likely N-dealkylation sites (tertiary alicyclic amines) is 1. The molecule has 0 bridgehead atoms. The molecule has 2 amide bonds. The van der Waals surface area contributed by atoms with Crippen molar-refractivity contribution in [1.82, 2.24) is 14.4 Å². The molecule has 1 aromatic carbocycles. The first kappa shape index (κ1) is 21.4. The van der Waals surface area contributed by atoms with Gasteiger partial charge in [-0.3, -0.25) is 9.59 Å². The van der Waals surface area contributed by atoms with E-state index in [1.165, 1.54) is 6.20 Å². The third-order valence-corrected chi connectivity index (χ3v) is 7.15. The van der Waals surface area contributed by atoms with Gasteiger partial charge in [0.1, 0.15) is 12.3 Å². The van der Waals surface area contributed by atoms with Gasteiger partial charge in [0.05, 0.1) is 4.90 Å². The molecule has 158 valence electrons. The molecule has 29 heavy (non-hydrogen) atoms. The fourth-order valence-electron chi connectivity index (χ4n) is 3.89. The molecule has 8 heteroatoms. The molecule has 3 rings (SSSR count). The molecular formula is C21H29N3O4S. The van der Waals surface area contributed by atoms with E-state index in [0.717, 1.165) is 19.3 Å². The first-order valence-corrected chi connectivity index (χ1v) is 11.9. The van der Waals surface area contributed by atoms with Crippen molar-refractivity contribution in [2.75, 3.05) is 31.9 Å². The second kappa shape index (κ2) is 8.98. The summed E-state index contributed by atoms with van der Waals surface area (Å²) in [6.07, 6.45) is 4.41. The minimum atomic E-state index is -3.82. The molecule has 1 aromatic heterocycles. The second-order valence-electron chi connectivity index (χ2n) is 7.40. The van der Waals surface area contributed by atoms with Gasteiger partial charge in [-0.1, -0.05) is 18.2 Å². The molecule has 1 fully saturated rings. The summed E-state index contributed by atoms with van der Waals surface area (Å²) in [5.41, 5.74) is 0.678. The fourth-order valence-corrected chi connectivity index (χ4v) is 5.35. The van der Waals surface area contributed by atoms with Crippen molar-refractivity contribution >= 4 is 32.6 Å². The predicted molar refractivity (Wildman–Crippen MR) is 112 cm³/mol. The Bertz CT molecular complexity index is 987.